The first-order chi connectivity index (χ1) is 12.2. The van der Waals surface area contributed by atoms with E-state index in [-0.39, 0.29) is 0 Å². The molecule has 0 fully saturated rings. The number of fused-ring (bicyclic) bond motifs is 1. The summed E-state index contributed by atoms with van der Waals surface area (Å²) < 4.78 is 2.26. The third-order valence-electron chi connectivity index (χ3n) is 4.07. The van der Waals surface area contributed by atoms with Crippen LogP contribution in [-0.2, 0) is 6.54 Å². The van der Waals surface area contributed by atoms with Crippen LogP contribution in [0.2, 0.25) is 10.0 Å². The zero-order valence-corrected chi connectivity index (χ0v) is 15.7. The third-order valence-corrected chi connectivity index (χ3v) is 5.83. The molecule has 0 spiro atoms. The van der Waals surface area contributed by atoms with Crippen molar-refractivity contribution in [3.05, 3.63) is 82.3 Å². The summed E-state index contributed by atoms with van der Waals surface area (Å²) in [6.45, 7) is 1.57. The molecule has 0 amide bonds. The highest BCUT2D eigenvalue weighted by Gasteiger charge is 2.20. The number of rotatable bonds is 3. The lowest BCUT2D eigenvalue weighted by Gasteiger charge is -2.29. The summed E-state index contributed by atoms with van der Waals surface area (Å²) in [6, 6.07) is 22.8. The predicted molar refractivity (Wildman–Crippen MR) is 108 cm³/mol. The van der Waals surface area contributed by atoms with Gasteiger partial charge in [0.2, 0.25) is 0 Å². The Balaban J connectivity index is 1.54. The Bertz CT molecular complexity index is 899. The minimum absolute atomic E-state index is 0.654. The van der Waals surface area contributed by atoms with Gasteiger partial charge in [-0.05, 0) is 46.8 Å². The summed E-state index contributed by atoms with van der Waals surface area (Å²) in [6.07, 6.45) is 0. The fraction of sp³-hybridized carbons (Fsp3) is 0.100. The molecule has 0 aliphatic carbocycles. The number of anilines is 1. The van der Waals surface area contributed by atoms with Crippen molar-refractivity contribution in [2.75, 3.05) is 12.0 Å². The standard InChI is InChI=1S/C20H16Cl2N2S/c21-17-10-18(22)20-19(11-17)23-13-24(25-20)12-14-5-4-8-16(9-14)15-6-2-1-3-7-15/h1-11,23H,12-13H2. The minimum Gasteiger partial charge on any atom is -0.370 e. The minimum atomic E-state index is 0.654. The number of hydrogen-bond acceptors (Lipinski definition) is 3. The van der Waals surface area contributed by atoms with Crippen LogP contribution in [-0.4, -0.2) is 11.0 Å². The summed E-state index contributed by atoms with van der Waals surface area (Å²) in [5, 5.41) is 4.73. The van der Waals surface area contributed by atoms with E-state index < -0.39 is 0 Å². The van der Waals surface area contributed by atoms with Gasteiger partial charge in [-0.15, -0.1) is 0 Å². The lowest BCUT2D eigenvalue weighted by Crippen LogP contribution is -2.26. The maximum Gasteiger partial charge on any atom is 0.0782 e. The third kappa shape index (κ3) is 3.80. The first-order valence-corrected chi connectivity index (χ1v) is 9.52. The van der Waals surface area contributed by atoms with Gasteiger partial charge in [-0.1, -0.05) is 71.7 Å². The second kappa shape index (κ2) is 7.30. The fourth-order valence-electron chi connectivity index (χ4n) is 2.89. The molecule has 2 nitrogen and oxygen atoms in total. The molecule has 1 N–H and O–H groups in total. The Hall–Kier alpha value is -1.65. The van der Waals surface area contributed by atoms with Gasteiger partial charge in [0.15, 0.2) is 0 Å². The van der Waals surface area contributed by atoms with Gasteiger partial charge in [-0.3, -0.25) is 0 Å². The fourth-order valence-corrected chi connectivity index (χ4v) is 4.46. The molecule has 3 aromatic carbocycles. The van der Waals surface area contributed by atoms with Gasteiger partial charge in [-0.2, -0.15) is 0 Å². The predicted octanol–water partition coefficient (Wildman–Crippen LogP) is 6.55. The molecule has 1 heterocycles. The highest BCUT2D eigenvalue weighted by Crippen LogP contribution is 2.41. The lowest BCUT2D eigenvalue weighted by atomic mass is 10.0. The summed E-state index contributed by atoms with van der Waals surface area (Å²) in [5.41, 5.74) is 4.73. The molecule has 3 aromatic rings. The molecule has 0 unspecified atom stereocenters. The summed E-state index contributed by atoms with van der Waals surface area (Å²) >= 11 is 14.1. The number of halogens is 2. The molecule has 0 saturated heterocycles. The highest BCUT2D eigenvalue weighted by atomic mass is 35.5. The van der Waals surface area contributed by atoms with E-state index in [0.717, 1.165) is 23.8 Å². The lowest BCUT2D eigenvalue weighted by molar-refractivity contribution is 0.493. The van der Waals surface area contributed by atoms with Crippen LogP contribution < -0.4 is 5.32 Å². The van der Waals surface area contributed by atoms with E-state index in [2.05, 4.69) is 58.2 Å². The Morgan fingerprint density at radius 3 is 2.56 bits per heavy atom. The van der Waals surface area contributed by atoms with E-state index in [1.54, 1.807) is 18.0 Å². The molecule has 4 rings (SSSR count). The Morgan fingerprint density at radius 2 is 1.72 bits per heavy atom. The molecule has 0 atom stereocenters. The zero-order chi connectivity index (χ0) is 17.2. The molecule has 126 valence electrons. The van der Waals surface area contributed by atoms with E-state index in [0.29, 0.717) is 10.0 Å². The topological polar surface area (TPSA) is 15.3 Å². The Kier molecular flexibility index (Phi) is 4.91. The van der Waals surface area contributed by atoms with Gasteiger partial charge in [-0.25, -0.2) is 4.31 Å². The quantitative estimate of drug-likeness (QED) is 0.513. The first-order valence-electron chi connectivity index (χ1n) is 7.99. The SMILES string of the molecule is Clc1cc(Cl)c2c(c1)NCN(Cc1cccc(-c3ccccc3)c1)S2. The highest BCUT2D eigenvalue weighted by molar-refractivity contribution is 7.97. The molecule has 0 aromatic heterocycles. The van der Waals surface area contributed by atoms with Gasteiger partial charge < -0.3 is 5.32 Å². The van der Waals surface area contributed by atoms with Gasteiger partial charge in [0.05, 0.1) is 22.3 Å². The Morgan fingerprint density at radius 1 is 0.920 bits per heavy atom. The van der Waals surface area contributed by atoms with Gasteiger partial charge in [0.1, 0.15) is 0 Å². The monoisotopic (exact) mass is 386 g/mol. The molecular weight excluding hydrogens is 371 g/mol. The van der Waals surface area contributed by atoms with Crippen molar-refractivity contribution in [2.45, 2.75) is 11.4 Å². The second-order valence-electron chi connectivity index (χ2n) is 5.90. The van der Waals surface area contributed by atoms with Crippen LogP contribution in [0.1, 0.15) is 5.56 Å². The van der Waals surface area contributed by atoms with Crippen LogP contribution in [0, 0.1) is 0 Å². The van der Waals surface area contributed by atoms with E-state index in [1.807, 2.05) is 12.1 Å². The summed E-state index contributed by atoms with van der Waals surface area (Å²) in [5.74, 6) is 0. The molecule has 0 bridgehead atoms. The van der Waals surface area contributed by atoms with E-state index in [4.69, 9.17) is 23.2 Å². The summed E-state index contributed by atoms with van der Waals surface area (Å²) in [7, 11) is 0. The average molecular weight is 387 g/mol. The van der Waals surface area contributed by atoms with Crippen molar-refractivity contribution < 1.29 is 0 Å². The van der Waals surface area contributed by atoms with Crippen LogP contribution >= 0.6 is 35.1 Å². The van der Waals surface area contributed by atoms with Crippen molar-refractivity contribution in [3.63, 3.8) is 0 Å². The van der Waals surface area contributed by atoms with Crippen molar-refractivity contribution in [2.24, 2.45) is 0 Å². The van der Waals surface area contributed by atoms with Gasteiger partial charge in [0.25, 0.3) is 0 Å². The number of benzene rings is 3. The van der Waals surface area contributed by atoms with Crippen molar-refractivity contribution >= 4 is 40.8 Å². The van der Waals surface area contributed by atoms with Crippen LogP contribution in [0.3, 0.4) is 0 Å². The number of hydrogen-bond donors (Lipinski definition) is 1. The molecule has 1 aliphatic rings. The van der Waals surface area contributed by atoms with Crippen molar-refractivity contribution in [1.82, 2.24) is 4.31 Å². The number of nitrogens with zero attached hydrogens (tertiary/aromatic N) is 1. The molecule has 0 radical (unpaired) electrons. The largest absolute Gasteiger partial charge is 0.370 e. The van der Waals surface area contributed by atoms with Crippen LogP contribution in [0.4, 0.5) is 5.69 Å². The summed E-state index contributed by atoms with van der Waals surface area (Å²) in [4.78, 5) is 1.02. The first kappa shape index (κ1) is 16.8. The van der Waals surface area contributed by atoms with E-state index in [9.17, 15) is 0 Å². The molecular formula is C20H16Cl2N2S. The van der Waals surface area contributed by atoms with Crippen LogP contribution in [0.5, 0.6) is 0 Å². The van der Waals surface area contributed by atoms with Gasteiger partial charge in [0, 0.05) is 11.6 Å². The van der Waals surface area contributed by atoms with Crippen molar-refractivity contribution in [1.29, 1.82) is 0 Å². The molecule has 5 heteroatoms. The Labute approximate surface area is 161 Å². The second-order valence-corrected chi connectivity index (χ2v) is 7.85. The van der Waals surface area contributed by atoms with Crippen molar-refractivity contribution in [3.8, 4) is 11.1 Å². The molecule has 0 saturated carbocycles. The maximum atomic E-state index is 6.35. The van der Waals surface area contributed by atoms with Crippen LogP contribution in [0.15, 0.2) is 71.6 Å². The average Bonchev–Trinajstić information content (AvgIpc) is 2.63. The van der Waals surface area contributed by atoms with E-state index in [1.165, 1.54) is 16.7 Å². The van der Waals surface area contributed by atoms with Crippen LogP contribution in [0.25, 0.3) is 11.1 Å². The van der Waals surface area contributed by atoms with E-state index >= 15 is 0 Å². The molecule has 25 heavy (non-hydrogen) atoms. The maximum absolute atomic E-state index is 6.35. The number of nitrogens with one attached hydrogen (secondary N) is 1. The normalized spacial score (nSPS) is 14.0. The molecule has 1 aliphatic heterocycles. The zero-order valence-electron chi connectivity index (χ0n) is 13.4. The smallest absolute Gasteiger partial charge is 0.0782 e. The van der Waals surface area contributed by atoms with Gasteiger partial charge >= 0.3 is 0 Å².